The van der Waals surface area contributed by atoms with Crippen molar-refractivity contribution in [2.45, 2.75) is 25.3 Å². The Morgan fingerprint density at radius 1 is 1.12 bits per heavy atom. The van der Waals surface area contributed by atoms with Crippen LogP contribution in [0.2, 0.25) is 0 Å². The number of piperidine rings is 1. The van der Waals surface area contributed by atoms with Crippen molar-refractivity contribution in [2.75, 3.05) is 53.0 Å². The van der Waals surface area contributed by atoms with Gasteiger partial charge in [-0.15, -0.1) is 0 Å². The summed E-state index contributed by atoms with van der Waals surface area (Å²) >= 11 is 0. The van der Waals surface area contributed by atoms with Gasteiger partial charge in [-0.3, -0.25) is 0 Å². The number of nitrogens with zero attached hydrogens (tertiary/aromatic N) is 2. The minimum atomic E-state index is -0.0816. The average Bonchev–Trinajstić information content (AvgIpc) is 3.30. The summed E-state index contributed by atoms with van der Waals surface area (Å²) in [5.41, 5.74) is 1.91. The van der Waals surface area contributed by atoms with Crippen LogP contribution in [-0.4, -0.2) is 69.6 Å². The number of likely N-dealkylation sites (tertiary alicyclic amines) is 1. The van der Waals surface area contributed by atoms with Crippen LogP contribution in [0.4, 0.5) is 10.5 Å². The maximum Gasteiger partial charge on any atom is 0.321 e. The van der Waals surface area contributed by atoms with Crippen LogP contribution in [0.1, 0.15) is 18.4 Å². The number of amides is 2. The summed E-state index contributed by atoms with van der Waals surface area (Å²) in [5, 5.41) is 2.99. The molecule has 32 heavy (non-hydrogen) atoms. The van der Waals surface area contributed by atoms with E-state index in [0.29, 0.717) is 29.8 Å². The zero-order valence-corrected chi connectivity index (χ0v) is 18.9. The largest absolute Gasteiger partial charge is 0.493 e. The molecule has 0 aliphatic carbocycles. The van der Waals surface area contributed by atoms with E-state index in [-0.39, 0.29) is 12.8 Å². The highest BCUT2D eigenvalue weighted by Crippen LogP contribution is 2.34. The number of urea groups is 1. The van der Waals surface area contributed by atoms with E-state index in [1.54, 1.807) is 20.3 Å². The van der Waals surface area contributed by atoms with Crippen molar-refractivity contribution >= 4 is 11.7 Å². The van der Waals surface area contributed by atoms with Gasteiger partial charge in [0.2, 0.25) is 6.79 Å². The Morgan fingerprint density at radius 3 is 2.75 bits per heavy atom. The van der Waals surface area contributed by atoms with E-state index < -0.39 is 0 Å². The molecule has 1 fully saturated rings. The zero-order chi connectivity index (χ0) is 22.5. The van der Waals surface area contributed by atoms with Crippen molar-refractivity contribution in [3.05, 3.63) is 42.0 Å². The van der Waals surface area contributed by atoms with Gasteiger partial charge in [0.15, 0.2) is 23.0 Å². The minimum absolute atomic E-state index is 0.0816. The molecule has 1 N–H and O–H groups in total. The number of likely N-dealkylation sites (N-methyl/N-ethyl adjacent to an activating group) is 1. The molecule has 4 rings (SSSR count). The van der Waals surface area contributed by atoms with Crippen molar-refractivity contribution in [2.24, 2.45) is 0 Å². The van der Waals surface area contributed by atoms with Gasteiger partial charge in [-0.1, -0.05) is 6.07 Å². The number of hydrogen-bond donors (Lipinski definition) is 1. The van der Waals surface area contributed by atoms with E-state index in [0.717, 1.165) is 43.9 Å². The van der Waals surface area contributed by atoms with E-state index in [4.69, 9.17) is 18.9 Å². The summed E-state index contributed by atoms with van der Waals surface area (Å²) < 4.78 is 21.5. The number of carbonyl (C=O) groups excluding carboxylic acids is 1. The van der Waals surface area contributed by atoms with E-state index in [1.165, 1.54) is 5.56 Å². The number of carbonyl (C=O) groups is 1. The van der Waals surface area contributed by atoms with Crippen molar-refractivity contribution in [3.8, 4) is 23.0 Å². The van der Waals surface area contributed by atoms with Crippen LogP contribution in [0.25, 0.3) is 0 Å². The molecule has 1 saturated heterocycles. The molecule has 2 aliphatic rings. The standard InChI is InChI=1S/C24H31N3O5/c1-26(12-10-17-6-8-20(29-2)22(13-17)30-3)19-5-4-11-27(15-19)24(28)25-18-7-9-21-23(14-18)32-16-31-21/h6-9,13-14,19H,4-5,10-12,15-16H2,1-3H3,(H,25,28). The molecule has 8 nitrogen and oxygen atoms in total. The van der Waals surface area contributed by atoms with E-state index >= 15 is 0 Å². The van der Waals surface area contributed by atoms with Crippen LogP contribution >= 0.6 is 0 Å². The summed E-state index contributed by atoms with van der Waals surface area (Å²) in [6, 6.07) is 11.7. The van der Waals surface area contributed by atoms with Crippen LogP contribution in [0.15, 0.2) is 36.4 Å². The normalized spacial score (nSPS) is 17.4. The third-order valence-electron chi connectivity index (χ3n) is 6.13. The molecule has 0 bridgehead atoms. The third-order valence-corrected chi connectivity index (χ3v) is 6.13. The fraction of sp³-hybridized carbons (Fsp3) is 0.458. The predicted octanol–water partition coefficient (Wildman–Crippen LogP) is 3.60. The fourth-order valence-electron chi connectivity index (χ4n) is 4.20. The van der Waals surface area contributed by atoms with E-state index in [1.807, 2.05) is 29.2 Å². The Bertz CT molecular complexity index is 951. The summed E-state index contributed by atoms with van der Waals surface area (Å²) in [4.78, 5) is 17.1. The first kappa shape index (κ1) is 22.1. The smallest absolute Gasteiger partial charge is 0.321 e. The van der Waals surface area contributed by atoms with Gasteiger partial charge in [-0.05, 0) is 56.1 Å². The molecular weight excluding hydrogens is 410 g/mol. The minimum Gasteiger partial charge on any atom is -0.493 e. The molecular formula is C24H31N3O5. The van der Waals surface area contributed by atoms with Crippen molar-refractivity contribution in [1.82, 2.24) is 9.80 Å². The molecule has 1 atom stereocenters. The molecule has 0 aromatic heterocycles. The van der Waals surface area contributed by atoms with E-state index in [9.17, 15) is 4.79 Å². The van der Waals surface area contributed by atoms with Gasteiger partial charge in [0, 0.05) is 37.4 Å². The van der Waals surface area contributed by atoms with Crippen molar-refractivity contribution < 1.29 is 23.7 Å². The predicted molar refractivity (Wildman–Crippen MR) is 122 cm³/mol. The first-order valence-corrected chi connectivity index (χ1v) is 10.9. The Kier molecular flexibility index (Phi) is 6.90. The summed E-state index contributed by atoms with van der Waals surface area (Å²) in [5.74, 6) is 2.85. The highest BCUT2D eigenvalue weighted by atomic mass is 16.7. The molecule has 172 valence electrons. The number of nitrogens with one attached hydrogen (secondary N) is 1. The lowest BCUT2D eigenvalue weighted by Crippen LogP contribution is -2.50. The Balaban J connectivity index is 1.30. The lowest BCUT2D eigenvalue weighted by Gasteiger charge is -2.37. The maximum atomic E-state index is 12.8. The first-order chi connectivity index (χ1) is 15.6. The zero-order valence-electron chi connectivity index (χ0n) is 18.9. The molecule has 2 amide bonds. The highest BCUT2D eigenvalue weighted by molar-refractivity contribution is 5.89. The number of rotatable bonds is 7. The van der Waals surface area contributed by atoms with Crippen LogP contribution in [0.3, 0.4) is 0 Å². The topological polar surface area (TPSA) is 72.5 Å². The second kappa shape index (κ2) is 9.99. The SMILES string of the molecule is COc1ccc(CCN(C)C2CCCN(C(=O)Nc3ccc4c(c3)OCO4)C2)cc1OC. The fourth-order valence-corrected chi connectivity index (χ4v) is 4.20. The van der Waals surface area contributed by atoms with Crippen LogP contribution < -0.4 is 24.3 Å². The average molecular weight is 442 g/mol. The number of anilines is 1. The Labute approximate surface area is 189 Å². The van der Waals surface area contributed by atoms with Gasteiger partial charge >= 0.3 is 6.03 Å². The van der Waals surface area contributed by atoms with Gasteiger partial charge in [0.1, 0.15) is 0 Å². The second-order valence-electron chi connectivity index (χ2n) is 8.16. The van der Waals surface area contributed by atoms with Gasteiger partial charge in [0.05, 0.1) is 14.2 Å². The third kappa shape index (κ3) is 5.02. The molecule has 0 radical (unpaired) electrons. The lowest BCUT2D eigenvalue weighted by atomic mass is 10.0. The van der Waals surface area contributed by atoms with Gasteiger partial charge in [0.25, 0.3) is 0 Å². The summed E-state index contributed by atoms with van der Waals surface area (Å²) in [7, 11) is 5.42. The van der Waals surface area contributed by atoms with Crippen LogP contribution in [-0.2, 0) is 6.42 Å². The molecule has 2 aliphatic heterocycles. The Morgan fingerprint density at radius 2 is 1.94 bits per heavy atom. The number of methoxy groups -OCH3 is 2. The molecule has 2 heterocycles. The lowest BCUT2D eigenvalue weighted by molar-refractivity contribution is 0.133. The van der Waals surface area contributed by atoms with Crippen molar-refractivity contribution in [3.63, 3.8) is 0 Å². The molecule has 0 spiro atoms. The molecule has 8 heteroatoms. The van der Waals surface area contributed by atoms with Gasteiger partial charge in [-0.25, -0.2) is 4.79 Å². The maximum absolute atomic E-state index is 12.8. The summed E-state index contributed by atoms with van der Waals surface area (Å²) in [6.45, 7) is 2.59. The quantitative estimate of drug-likeness (QED) is 0.708. The molecule has 2 aromatic rings. The molecule has 1 unspecified atom stereocenters. The number of ether oxygens (including phenoxy) is 4. The number of fused-ring (bicyclic) bond motifs is 1. The first-order valence-electron chi connectivity index (χ1n) is 10.9. The van der Waals surface area contributed by atoms with Crippen LogP contribution in [0, 0.1) is 0 Å². The van der Waals surface area contributed by atoms with Gasteiger partial charge in [-0.2, -0.15) is 0 Å². The second-order valence-corrected chi connectivity index (χ2v) is 8.16. The monoisotopic (exact) mass is 441 g/mol. The Hall–Kier alpha value is -3.13. The summed E-state index contributed by atoms with van der Waals surface area (Å²) in [6.07, 6.45) is 2.97. The molecule has 0 saturated carbocycles. The number of hydrogen-bond acceptors (Lipinski definition) is 6. The molecule has 2 aromatic carbocycles. The van der Waals surface area contributed by atoms with Crippen LogP contribution in [0.5, 0.6) is 23.0 Å². The van der Waals surface area contributed by atoms with Crippen molar-refractivity contribution in [1.29, 1.82) is 0 Å². The van der Waals surface area contributed by atoms with Gasteiger partial charge < -0.3 is 34.1 Å². The number of benzene rings is 2. The highest BCUT2D eigenvalue weighted by Gasteiger charge is 2.26. The van der Waals surface area contributed by atoms with E-state index in [2.05, 4.69) is 23.3 Å².